The van der Waals surface area contributed by atoms with Crippen LogP contribution in [-0.4, -0.2) is 5.78 Å². The van der Waals surface area contributed by atoms with Gasteiger partial charge in [0.25, 0.3) is 0 Å². The lowest BCUT2D eigenvalue weighted by Crippen LogP contribution is -1.97. The van der Waals surface area contributed by atoms with Gasteiger partial charge in [-0.25, -0.2) is 0 Å². The summed E-state index contributed by atoms with van der Waals surface area (Å²) in [6.45, 7) is 0. The first kappa shape index (κ1) is 10.1. The van der Waals surface area contributed by atoms with Crippen LogP contribution in [0.5, 0.6) is 0 Å². The van der Waals surface area contributed by atoms with Gasteiger partial charge in [0.2, 0.25) is 0 Å². The van der Waals surface area contributed by atoms with Crippen LogP contribution < -0.4 is 0 Å². The van der Waals surface area contributed by atoms with Crippen molar-refractivity contribution in [2.24, 2.45) is 0 Å². The maximum Gasteiger partial charge on any atom is 0.198 e. The molecular formula is C9H4Br2O2S. The van der Waals surface area contributed by atoms with Crippen LogP contribution in [0.15, 0.2) is 36.6 Å². The van der Waals surface area contributed by atoms with Crippen molar-refractivity contribution >= 4 is 49.0 Å². The van der Waals surface area contributed by atoms with Crippen molar-refractivity contribution in [3.63, 3.8) is 0 Å². The predicted octanol–water partition coefficient (Wildman–Crippen LogP) is 4.10. The lowest BCUT2D eigenvalue weighted by Gasteiger charge is -1.92. The third-order valence-corrected chi connectivity index (χ3v) is 4.02. The quantitative estimate of drug-likeness (QED) is 0.773. The summed E-state index contributed by atoms with van der Waals surface area (Å²) in [7, 11) is 0. The lowest BCUT2D eigenvalue weighted by molar-refractivity contribution is 0.103. The van der Waals surface area contributed by atoms with E-state index in [0.717, 1.165) is 7.57 Å². The molecule has 2 aromatic heterocycles. The van der Waals surface area contributed by atoms with Crippen molar-refractivity contribution in [3.05, 3.63) is 43.4 Å². The van der Waals surface area contributed by atoms with Gasteiger partial charge in [-0.05, 0) is 44.0 Å². The fourth-order valence-corrected chi connectivity index (χ4v) is 3.84. The Kier molecular flexibility index (Phi) is 2.90. The Bertz CT molecular complexity index is 459. The molecule has 0 unspecified atom stereocenters. The van der Waals surface area contributed by atoms with Crippen LogP contribution in [0.2, 0.25) is 0 Å². The standard InChI is InChI=1S/C9H4Br2O2S/c10-7-3-6(9(11)14-7)8(12)5-1-2-13-4-5/h1-4H. The van der Waals surface area contributed by atoms with E-state index in [1.54, 1.807) is 12.1 Å². The summed E-state index contributed by atoms with van der Waals surface area (Å²) >= 11 is 8.14. The van der Waals surface area contributed by atoms with Crippen LogP contribution in [0.25, 0.3) is 0 Å². The number of ketones is 1. The zero-order valence-corrected chi connectivity index (χ0v) is 10.8. The van der Waals surface area contributed by atoms with Gasteiger partial charge in [-0.1, -0.05) is 0 Å². The Morgan fingerprint density at radius 2 is 2.21 bits per heavy atom. The number of hydrogen-bond donors (Lipinski definition) is 0. The highest BCUT2D eigenvalue weighted by Gasteiger charge is 2.16. The smallest absolute Gasteiger partial charge is 0.198 e. The van der Waals surface area contributed by atoms with Gasteiger partial charge in [0.1, 0.15) is 6.26 Å². The molecule has 2 aromatic rings. The number of thiophene rings is 1. The van der Waals surface area contributed by atoms with Gasteiger partial charge in [-0.3, -0.25) is 4.79 Å². The average Bonchev–Trinajstić information content (AvgIpc) is 2.73. The van der Waals surface area contributed by atoms with E-state index in [0.29, 0.717) is 11.1 Å². The lowest BCUT2D eigenvalue weighted by atomic mass is 10.1. The normalized spacial score (nSPS) is 10.4. The highest BCUT2D eigenvalue weighted by molar-refractivity contribution is 9.12. The minimum atomic E-state index is -0.0347. The molecule has 14 heavy (non-hydrogen) atoms. The minimum absolute atomic E-state index is 0.0347. The highest BCUT2D eigenvalue weighted by Crippen LogP contribution is 2.33. The molecule has 0 bridgehead atoms. The van der Waals surface area contributed by atoms with Crippen molar-refractivity contribution in [3.8, 4) is 0 Å². The van der Waals surface area contributed by atoms with Gasteiger partial charge >= 0.3 is 0 Å². The summed E-state index contributed by atoms with van der Waals surface area (Å²) < 4.78 is 6.62. The largest absolute Gasteiger partial charge is 0.472 e. The third kappa shape index (κ3) is 1.85. The summed E-state index contributed by atoms with van der Waals surface area (Å²) in [5.74, 6) is -0.0347. The zero-order chi connectivity index (χ0) is 10.1. The molecule has 0 atom stereocenters. The molecule has 2 nitrogen and oxygen atoms in total. The van der Waals surface area contributed by atoms with Gasteiger partial charge in [0, 0.05) is 5.56 Å². The molecule has 0 aliphatic heterocycles. The second kappa shape index (κ2) is 4.00. The van der Waals surface area contributed by atoms with Gasteiger partial charge in [-0.15, -0.1) is 11.3 Å². The second-order valence-corrected chi connectivity index (χ2v) is 6.33. The first-order valence-corrected chi connectivity index (χ1v) is 6.10. The molecule has 2 heterocycles. The molecule has 5 heteroatoms. The molecule has 0 aliphatic carbocycles. The van der Waals surface area contributed by atoms with Crippen LogP contribution in [-0.2, 0) is 0 Å². The van der Waals surface area contributed by atoms with E-state index in [1.807, 2.05) is 0 Å². The molecule has 0 aliphatic rings. The summed E-state index contributed by atoms with van der Waals surface area (Å²) in [5, 5.41) is 0. The number of halogens is 2. The zero-order valence-electron chi connectivity index (χ0n) is 6.79. The molecule has 0 saturated carbocycles. The van der Waals surface area contributed by atoms with Crippen molar-refractivity contribution in [1.29, 1.82) is 0 Å². The molecule has 0 amide bonds. The summed E-state index contributed by atoms with van der Waals surface area (Å²) in [6, 6.07) is 3.45. The second-order valence-electron chi connectivity index (χ2n) is 2.58. The third-order valence-electron chi connectivity index (χ3n) is 1.68. The van der Waals surface area contributed by atoms with E-state index < -0.39 is 0 Å². The van der Waals surface area contributed by atoms with Crippen molar-refractivity contribution in [1.82, 2.24) is 0 Å². The van der Waals surface area contributed by atoms with E-state index in [-0.39, 0.29) is 5.78 Å². The van der Waals surface area contributed by atoms with E-state index >= 15 is 0 Å². The fraction of sp³-hybridized carbons (Fsp3) is 0. The Morgan fingerprint density at radius 1 is 1.43 bits per heavy atom. The highest BCUT2D eigenvalue weighted by atomic mass is 79.9. The molecule has 0 saturated heterocycles. The Labute approximate surface area is 101 Å². The van der Waals surface area contributed by atoms with Crippen LogP contribution in [0.4, 0.5) is 0 Å². The topological polar surface area (TPSA) is 30.2 Å². The monoisotopic (exact) mass is 334 g/mol. The summed E-state index contributed by atoms with van der Waals surface area (Å²) in [6.07, 6.45) is 2.93. The number of carbonyl (C=O) groups is 1. The van der Waals surface area contributed by atoms with Gasteiger partial charge in [-0.2, -0.15) is 0 Å². The van der Waals surface area contributed by atoms with Crippen LogP contribution in [0, 0.1) is 0 Å². The van der Waals surface area contributed by atoms with Gasteiger partial charge in [0.05, 0.1) is 19.4 Å². The first-order valence-electron chi connectivity index (χ1n) is 3.70. The molecule has 0 radical (unpaired) electrons. The molecule has 72 valence electrons. The van der Waals surface area contributed by atoms with Crippen molar-refractivity contribution in [2.45, 2.75) is 0 Å². The fourth-order valence-electron chi connectivity index (χ4n) is 1.04. The molecule has 0 N–H and O–H groups in total. The van der Waals surface area contributed by atoms with Crippen LogP contribution in [0.3, 0.4) is 0 Å². The Hall–Kier alpha value is -0.390. The van der Waals surface area contributed by atoms with Crippen molar-refractivity contribution in [2.75, 3.05) is 0 Å². The number of hydrogen-bond acceptors (Lipinski definition) is 3. The van der Waals surface area contributed by atoms with E-state index in [2.05, 4.69) is 31.9 Å². The number of furan rings is 1. The SMILES string of the molecule is O=C(c1ccoc1)c1cc(Br)sc1Br. The molecular weight excluding hydrogens is 332 g/mol. The Morgan fingerprint density at radius 3 is 2.71 bits per heavy atom. The maximum atomic E-state index is 11.8. The first-order chi connectivity index (χ1) is 6.68. The van der Waals surface area contributed by atoms with E-state index in [9.17, 15) is 4.79 Å². The van der Waals surface area contributed by atoms with Crippen LogP contribution >= 0.6 is 43.2 Å². The van der Waals surface area contributed by atoms with Gasteiger partial charge in [0.15, 0.2) is 5.78 Å². The minimum Gasteiger partial charge on any atom is -0.472 e. The molecule has 0 fully saturated rings. The molecule has 0 aromatic carbocycles. The predicted molar refractivity (Wildman–Crippen MR) is 61.9 cm³/mol. The number of carbonyl (C=O) groups excluding carboxylic acids is 1. The molecule has 0 spiro atoms. The molecule has 2 rings (SSSR count). The average molecular weight is 336 g/mol. The van der Waals surface area contributed by atoms with Crippen LogP contribution in [0.1, 0.15) is 15.9 Å². The van der Waals surface area contributed by atoms with Crippen molar-refractivity contribution < 1.29 is 9.21 Å². The number of rotatable bonds is 2. The summed E-state index contributed by atoms with van der Waals surface area (Å²) in [4.78, 5) is 11.8. The van der Waals surface area contributed by atoms with E-state index in [4.69, 9.17) is 4.42 Å². The maximum absolute atomic E-state index is 11.8. The van der Waals surface area contributed by atoms with Gasteiger partial charge < -0.3 is 4.42 Å². The van der Waals surface area contributed by atoms with E-state index in [1.165, 1.54) is 23.9 Å². The Balaban J connectivity index is 2.41. The summed E-state index contributed by atoms with van der Waals surface area (Å²) in [5.41, 5.74) is 1.22.